The molecule has 4 nitrogen and oxygen atoms in total. The predicted octanol–water partition coefficient (Wildman–Crippen LogP) is 3.43. The van der Waals surface area contributed by atoms with Crippen LogP contribution in [0, 0.1) is 0 Å². The third-order valence-corrected chi connectivity index (χ3v) is 3.73. The van der Waals surface area contributed by atoms with Crippen molar-refractivity contribution in [1.82, 2.24) is 4.98 Å². The van der Waals surface area contributed by atoms with E-state index in [0.29, 0.717) is 12.2 Å². The summed E-state index contributed by atoms with van der Waals surface area (Å²) in [7, 11) is 3.31. The van der Waals surface area contributed by atoms with Gasteiger partial charge in [0.05, 0.1) is 19.7 Å². The Balaban J connectivity index is 2.08. The molecule has 0 saturated carbocycles. The summed E-state index contributed by atoms with van der Waals surface area (Å²) in [6, 6.07) is 15.8. The maximum atomic E-state index is 6.12. The van der Waals surface area contributed by atoms with Gasteiger partial charge in [0.25, 0.3) is 0 Å². The van der Waals surface area contributed by atoms with Crippen molar-refractivity contribution >= 4 is 16.7 Å². The number of nitrogens with two attached hydrogens (primary N) is 1. The van der Waals surface area contributed by atoms with Gasteiger partial charge in [-0.1, -0.05) is 24.3 Å². The van der Waals surface area contributed by atoms with E-state index in [1.165, 1.54) is 0 Å². The zero-order valence-corrected chi connectivity index (χ0v) is 12.7. The van der Waals surface area contributed by atoms with E-state index in [2.05, 4.69) is 11.1 Å². The highest BCUT2D eigenvalue weighted by Crippen LogP contribution is 2.32. The number of rotatable bonds is 4. The average Bonchev–Trinajstić information content (AvgIpc) is 2.55. The Morgan fingerprint density at radius 2 is 1.64 bits per heavy atom. The monoisotopic (exact) mass is 294 g/mol. The Bertz CT molecular complexity index is 793. The molecule has 0 aliphatic heterocycles. The summed E-state index contributed by atoms with van der Waals surface area (Å²) >= 11 is 0. The first-order chi connectivity index (χ1) is 10.7. The Kier molecular flexibility index (Phi) is 3.83. The molecular formula is C18H18N2O2. The molecule has 0 atom stereocenters. The molecule has 0 bridgehead atoms. The highest BCUT2D eigenvalue weighted by atomic mass is 16.5. The summed E-state index contributed by atoms with van der Waals surface area (Å²) in [5.41, 5.74) is 8.95. The summed E-state index contributed by atoms with van der Waals surface area (Å²) in [5.74, 6) is 2.10. The zero-order chi connectivity index (χ0) is 15.5. The van der Waals surface area contributed by atoms with E-state index in [-0.39, 0.29) is 0 Å². The quantitative estimate of drug-likeness (QED) is 0.801. The molecule has 0 spiro atoms. The Hall–Kier alpha value is -2.75. The third-order valence-electron chi connectivity index (χ3n) is 3.73. The van der Waals surface area contributed by atoms with Gasteiger partial charge in [0.1, 0.15) is 17.3 Å². The molecular weight excluding hydrogens is 276 g/mol. The molecule has 1 heterocycles. The molecule has 3 rings (SSSR count). The van der Waals surface area contributed by atoms with Gasteiger partial charge < -0.3 is 15.2 Å². The van der Waals surface area contributed by atoms with Gasteiger partial charge >= 0.3 is 0 Å². The maximum absolute atomic E-state index is 6.12. The number of ether oxygens (including phenoxy) is 2. The highest BCUT2D eigenvalue weighted by molar-refractivity contribution is 5.81. The number of aromatic nitrogens is 1. The SMILES string of the molecule is COc1cccc(OC)c1Cc1cc2ccccc2nc1N. The van der Waals surface area contributed by atoms with E-state index in [4.69, 9.17) is 15.2 Å². The summed E-state index contributed by atoms with van der Waals surface area (Å²) in [6.45, 7) is 0. The number of methoxy groups -OCH3 is 2. The topological polar surface area (TPSA) is 57.4 Å². The smallest absolute Gasteiger partial charge is 0.127 e. The van der Waals surface area contributed by atoms with Crippen molar-refractivity contribution in [3.63, 3.8) is 0 Å². The number of fused-ring (bicyclic) bond motifs is 1. The van der Waals surface area contributed by atoms with Gasteiger partial charge in [-0.25, -0.2) is 4.98 Å². The number of pyridine rings is 1. The van der Waals surface area contributed by atoms with Crippen molar-refractivity contribution in [3.05, 3.63) is 59.7 Å². The van der Waals surface area contributed by atoms with Crippen LogP contribution in [0.4, 0.5) is 5.82 Å². The van der Waals surface area contributed by atoms with E-state index in [9.17, 15) is 0 Å². The number of nitrogen functional groups attached to an aromatic ring is 1. The second-order valence-corrected chi connectivity index (χ2v) is 5.04. The molecule has 2 N–H and O–H groups in total. The minimum atomic E-state index is 0.534. The molecule has 0 radical (unpaired) electrons. The van der Waals surface area contributed by atoms with Crippen molar-refractivity contribution in [1.29, 1.82) is 0 Å². The van der Waals surface area contributed by atoms with Crippen LogP contribution in [0.5, 0.6) is 11.5 Å². The van der Waals surface area contributed by atoms with E-state index >= 15 is 0 Å². The van der Waals surface area contributed by atoms with Gasteiger partial charge in [-0.15, -0.1) is 0 Å². The van der Waals surface area contributed by atoms with Crippen LogP contribution in [0.1, 0.15) is 11.1 Å². The Labute approximate surface area is 129 Å². The number of hydrogen-bond donors (Lipinski definition) is 1. The minimum Gasteiger partial charge on any atom is -0.496 e. The fourth-order valence-corrected chi connectivity index (χ4v) is 2.61. The molecule has 0 fully saturated rings. The third kappa shape index (κ3) is 2.55. The lowest BCUT2D eigenvalue weighted by molar-refractivity contribution is 0.387. The largest absolute Gasteiger partial charge is 0.496 e. The molecule has 112 valence electrons. The van der Waals surface area contributed by atoms with Gasteiger partial charge in [-0.2, -0.15) is 0 Å². The second kappa shape index (κ2) is 5.93. The first-order valence-electron chi connectivity index (χ1n) is 7.07. The molecule has 22 heavy (non-hydrogen) atoms. The molecule has 0 aliphatic rings. The molecule has 3 aromatic rings. The first kappa shape index (κ1) is 14.2. The van der Waals surface area contributed by atoms with Crippen LogP contribution in [0.3, 0.4) is 0 Å². The van der Waals surface area contributed by atoms with E-state index < -0.39 is 0 Å². The summed E-state index contributed by atoms with van der Waals surface area (Å²) in [4.78, 5) is 4.48. The van der Waals surface area contributed by atoms with Crippen LogP contribution < -0.4 is 15.2 Å². The van der Waals surface area contributed by atoms with Gasteiger partial charge in [-0.05, 0) is 29.8 Å². The lowest BCUT2D eigenvalue weighted by Crippen LogP contribution is -2.02. The van der Waals surface area contributed by atoms with Crippen molar-refractivity contribution in [2.24, 2.45) is 0 Å². The lowest BCUT2D eigenvalue weighted by atomic mass is 10.0. The normalized spacial score (nSPS) is 10.6. The molecule has 4 heteroatoms. The lowest BCUT2D eigenvalue weighted by Gasteiger charge is -2.14. The van der Waals surface area contributed by atoms with E-state index in [1.54, 1.807) is 14.2 Å². The molecule has 0 unspecified atom stereocenters. The number of nitrogens with zero attached hydrogens (tertiary/aromatic N) is 1. The molecule has 2 aromatic carbocycles. The molecule has 0 aliphatic carbocycles. The van der Waals surface area contributed by atoms with E-state index in [0.717, 1.165) is 33.5 Å². The van der Waals surface area contributed by atoms with Crippen LogP contribution in [-0.4, -0.2) is 19.2 Å². The first-order valence-corrected chi connectivity index (χ1v) is 7.07. The summed E-state index contributed by atoms with van der Waals surface area (Å²) in [6.07, 6.45) is 0.608. The molecule has 1 aromatic heterocycles. The van der Waals surface area contributed by atoms with Crippen molar-refractivity contribution < 1.29 is 9.47 Å². The zero-order valence-electron chi connectivity index (χ0n) is 12.7. The molecule has 0 saturated heterocycles. The van der Waals surface area contributed by atoms with Crippen LogP contribution in [0.15, 0.2) is 48.5 Å². The average molecular weight is 294 g/mol. The van der Waals surface area contributed by atoms with Gasteiger partial charge in [0.15, 0.2) is 0 Å². The summed E-state index contributed by atoms with van der Waals surface area (Å²) in [5, 5.41) is 1.07. The predicted molar refractivity (Wildman–Crippen MR) is 88.5 cm³/mol. The van der Waals surface area contributed by atoms with Crippen molar-refractivity contribution in [3.8, 4) is 11.5 Å². The van der Waals surface area contributed by atoms with E-state index in [1.807, 2.05) is 42.5 Å². The number of anilines is 1. The van der Waals surface area contributed by atoms with Crippen LogP contribution >= 0.6 is 0 Å². The van der Waals surface area contributed by atoms with Gasteiger partial charge in [-0.3, -0.25) is 0 Å². The molecule has 0 amide bonds. The fourth-order valence-electron chi connectivity index (χ4n) is 2.61. The maximum Gasteiger partial charge on any atom is 0.127 e. The van der Waals surface area contributed by atoms with Crippen molar-refractivity contribution in [2.45, 2.75) is 6.42 Å². The summed E-state index contributed by atoms with van der Waals surface area (Å²) < 4.78 is 10.9. The van der Waals surface area contributed by atoms with Crippen LogP contribution in [0.2, 0.25) is 0 Å². The van der Waals surface area contributed by atoms with Gasteiger partial charge in [0, 0.05) is 17.4 Å². The van der Waals surface area contributed by atoms with Gasteiger partial charge in [0.2, 0.25) is 0 Å². The second-order valence-electron chi connectivity index (χ2n) is 5.04. The van der Waals surface area contributed by atoms with Crippen molar-refractivity contribution in [2.75, 3.05) is 20.0 Å². The van der Waals surface area contributed by atoms with Crippen LogP contribution in [-0.2, 0) is 6.42 Å². The number of para-hydroxylation sites is 1. The highest BCUT2D eigenvalue weighted by Gasteiger charge is 2.13. The minimum absolute atomic E-state index is 0.534. The Morgan fingerprint density at radius 3 is 2.32 bits per heavy atom. The standard InChI is InChI=1S/C18H18N2O2/c1-21-16-8-5-9-17(22-2)14(16)11-13-10-12-6-3-4-7-15(12)20-18(13)19/h3-10H,11H2,1-2H3,(H2,19,20). The van der Waals surface area contributed by atoms with Crippen LogP contribution in [0.25, 0.3) is 10.9 Å². The number of hydrogen-bond acceptors (Lipinski definition) is 4. The Morgan fingerprint density at radius 1 is 0.955 bits per heavy atom. The fraction of sp³-hybridized carbons (Fsp3) is 0.167. The number of benzene rings is 2.